The van der Waals surface area contributed by atoms with E-state index < -0.39 is 11.6 Å². The molecule has 0 bridgehead atoms. The highest BCUT2D eigenvalue weighted by Gasteiger charge is 2.29. The summed E-state index contributed by atoms with van der Waals surface area (Å²) in [6, 6.07) is 7.20. The first-order valence-corrected chi connectivity index (χ1v) is 7.15. The molecule has 112 valence electrons. The van der Waals surface area contributed by atoms with Gasteiger partial charge in [-0.25, -0.2) is 4.79 Å². The first kappa shape index (κ1) is 14.1. The van der Waals surface area contributed by atoms with Crippen molar-refractivity contribution >= 4 is 16.9 Å². The molecule has 2 heterocycles. The van der Waals surface area contributed by atoms with Crippen LogP contribution in [-0.2, 0) is 6.54 Å². The topological polar surface area (TPSA) is 73.9 Å². The third-order valence-electron chi connectivity index (χ3n) is 4.18. The van der Waals surface area contributed by atoms with Gasteiger partial charge in [-0.3, -0.25) is 4.90 Å². The molecule has 3 rings (SSSR count). The van der Waals surface area contributed by atoms with E-state index >= 15 is 0 Å². The molecule has 21 heavy (non-hydrogen) atoms. The molecule has 1 aromatic carbocycles. The zero-order valence-corrected chi connectivity index (χ0v) is 12.0. The molecule has 1 aromatic heterocycles. The molecule has 5 nitrogen and oxygen atoms in total. The van der Waals surface area contributed by atoms with Gasteiger partial charge in [0.2, 0.25) is 0 Å². The number of carboxylic acids is 1. The number of aromatic carboxylic acids is 1. The number of hydrogen-bond donors (Lipinski definition) is 2. The molecule has 1 saturated heterocycles. The number of piperidine rings is 1. The zero-order chi connectivity index (χ0) is 15.0. The summed E-state index contributed by atoms with van der Waals surface area (Å²) in [6.45, 7) is 3.78. The van der Waals surface area contributed by atoms with E-state index in [2.05, 4.69) is 4.90 Å². The third-order valence-corrected chi connectivity index (χ3v) is 4.18. The van der Waals surface area contributed by atoms with Gasteiger partial charge in [0.25, 0.3) is 0 Å². The van der Waals surface area contributed by atoms with Crippen LogP contribution < -0.4 is 0 Å². The highest BCUT2D eigenvalue weighted by molar-refractivity contribution is 6.03. The normalized spacial score (nSPS) is 19.0. The van der Waals surface area contributed by atoms with Crippen LogP contribution in [0.25, 0.3) is 11.0 Å². The average Bonchev–Trinajstić information content (AvgIpc) is 2.79. The van der Waals surface area contributed by atoms with Gasteiger partial charge in [0.15, 0.2) is 0 Å². The molecule has 1 aliphatic heterocycles. The first-order valence-electron chi connectivity index (χ1n) is 7.15. The van der Waals surface area contributed by atoms with E-state index in [1.165, 1.54) is 0 Å². The summed E-state index contributed by atoms with van der Waals surface area (Å²) in [5.74, 6) is -0.468. The number of hydrogen-bond acceptors (Lipinski definition) is 4. The maximum absolute atomic E-state index is 11.5. The van der Waals surface area contributed by atoms with E-state index in [1.54, 1.807) is 12.1 Å². The third kappa shape index (κ3) is 2.80. The van der Waals surface area contributed by atoms with Crippen LogP contribution in [0.4, 0.5) is 0 Å². The Morgan fingerprint density at radius 2 is 2.00 bits per heavy atom. The molecular formula is C16H19NO4. The molecule has 0 atom stereocenters. The SMILES string of the molecule is CC1(O)CCN(Cc2oc3ccccc3c2C(=O)O)CC1. The number of nitrogens with zero attached hydrogens (tertiary/aromatic N) is 1. The molecule has 0 aliphatic carbocycles. The van der Waals surface area contributed by atoms with E-state index in [9.17, 15) is 15.0 Å². The summed E-state index contributed by atoms with van der Waals surface area (Å²) in [6.07, 6.45) is 1.38. The predicted molar refractivity (Wildman–Crippen MR) is 78.3 cm³/mol. The number of carbonyl (C=O) groups is 1. The molecule has 0 spiro atoms. The van der Waals surface area contributed by atoms with Crippen LogP contribution in [-0.4, -0.2) is 39.8 Å². The number of benzene rings is 1. The Balaban J connectivity index is 1.87. The van der Waals surface area contributed by atoms with Gasteiger partial charge in [-0.1, -0.05) is 18.2 Å². The van der Waals surface area contributed by atoms with Crippen molar-refractivity contribution in [2.24, 2.45) is 0 Å². The Bertz CT molecular complexity index is 664. The fraction of sp³-hybridized carbons (Fsp3) is 0.438. The fourth-order valence-electron chi connectivity index (χ4n) is 2.84. The smallest absolute Gasteiger partial charge is 0.339 e. The number of likely N-dealkylation sites (tertiary alicyclic amines) is 1. The number of aliphatic hydroxyl groups is 1. The van der Waals surface area contributed by atoms with Crippen molar-refractivity contribution in [3.63, 3.8) is 0 Å². The molecule has 0 radical (unpaired) electrons. The lowest BCUT2D eigenvalue weighted by Crippen LogP contribution is -2.42. The predicted octanol–water partition coefficient (Wildman–Crippen LogP) is 2.48. The van der Waals surface area contributed by atoms with Gasteiger partial charge in [0, 0.05) is 18.5 Å². The molecule has 0 amide bonds. The number of para-hydroxylation sites is 1. The van der Waals surface area contributed by atoms with E-state index in [0.717, 1.165) is 13.1 Å². The Labute approximate surface area is 122 Å². The number of carboxylic acid groups (broad SMARTS) is 1. The molecule has 5 heteroatoms. The number of furan rings is 1. The van der Waals surface area contributed by atoms with Crippen molar-refractivity contribution in [2.75, 3.05) is 13.1 Å². The van der Waals surface area contributed by atoms with Crippen molar-refractivity contribution in [3.8, 4) is 0 Å². The number of rotatable bonds is 3. The minimum absolute atomic E-state index is 0.253. The average molecular weight is 289 g/mol. The molecule has 1 fully saturated rings. The summed E-state index contributed by atoms with van der Waals surface area (Å²) < 4.78 is 5.73. The molecule has 2 aromatic rings. The van der Waals surface area contributed by atoms with Crippen molar-refractivity contribution in [1.82, 2.24) is 4.90 Å². The Hall–Kier alpha value is -1.85. The van der Waals surface area contributed by atoms with E-state index in [4.69, 9.17) is 4.42 Å². The van der Waals surface area contributed by atoms with Gasteiger partial charge in [-0.05, 0) is 25.8 Å². The van der Waals surface area contributed by atoms with Crippen molar-refractivity contribution in [3.05, 3.63) is 35.6 Å². The molecular weight excluding hydrogens is 270 g/mol. The van der Waals surface area contributed by atoms with Gasteiger partial charge >= 0.3 is 5.97 Å². The Morgan fingerprint density at radius 3 is 2.67 bits per heavy atom. The van der Waals surface area contributed by atoms with E-state index in [0.29, 0.717) is 36.1 Å². The molecule has 0 unspecified atom stereocenters. The van der Waals surface area contributed by atoms with Crippen molar-refractivity contribution < 1.29 is 19.4 Å². The van der Waals surface area contributed by atoms with E-state index in [-0.39, 0.29) is 5.56 Å². The van der Waals surface area contributed by atoms with Gasteiger partial charge in [-0.2, -0.15) is 0 Å². The molecule has 2 N–H and O–H groups in total. The van der Waals surface area contributed by atoms with Gasteiger partial charge < -0.3 is 14.6 Å². The molecule has 0 saturated carbocycles. The summed E-state index contributed by atoms with van der Waals surface area (Å²) in [4.78, 5) is 13.7. The van der Waals surface area contributed by atoms with Gasteiger partial charge in [-0.15, -0.1) is 0 Å². The second-order valence-corrected chi connectivity index (χ2v) is 5.97. The summed E-state index contributed by atoms with van der Waals surface area (Å²) in [5.41, 5.74) is 0.247. The van der Waals surface area contributed by atoms with Crippen LogP contribution in [0.2, 0.25) is 0 Å². The molecule has 1 aliphatic rings. The highest BCUT2D eigenvalue weighted by atomic mass is 16.4. The van der Waals surface area contributed by atoms with Crippen LogP contribution >= 0.6 is 0 Å². The summed E-state index contributed by atoms with van der Waals surface area (Å²) >= 11 is 0. The van der Waals surface area contributed by atoms with Gasteiger partial charge in [0.1, 0.15) is 16.9 Å². The largest absolute Gasteiger partial charge is 0.478 e. The summed E-state index contributed by atoms with van der Waals surface area (Å²) in [5, 5.41) is 20.1. The zero-order valence-electron chi connectivity index (χ0n) is 12.0. The summed E-state index contributed by atoms with van der Waals surface area (Å²) in [7, 11) is 0. The second kappa shape index (κ2) is 5.16. The monoisotopic (exact) mass is 289 g/mol. The maximum Gasteiger partial charge on any atom is 0.339 e. The van der Waals surface area contributed by atoms with Crippen molar-refractivity contribution in [2.45, 2.75) is 31.9 Å². The minimum atomic E-state index is -0.959. The van der Waals surface area contributed by atoms with E-state index in [1.807, 2.05) is 19.1 Å². The van der Waals surface area contributed by atoms with Crippen molar-refractivity contribution in [1.29, 1.82) is 0 Å². The fourth-order valence-corrected chi connectivity index (χ4v) is 2.84. The van der Waals surface area contributed by atoms with Gasteiger partial charge in [0.05, 0.1) is 12.1 Å². The van der Waals surface area contributed by atoms with Crippen LogP contribution in [0.1, 0.15) is 35.9 Å². The Morgan fingerprint density at radius 1 is 1.33 bits per heavy atom. The standard InChI is InChI=1S/C16H19NO4/c1-16(20)6-8-17(9-7-16)10-13-14(15(18)19)11-4-2-3-5-12(11)21-13/h2-5,20H,6-10H2,1H3,(H,18,19). The number of fused-ring (bicyclic) bond motifs is 1. The Kier molecular flexibility index (Phi) is 3.47. The lowest BCUT2D eigenvalue weighted by molar-refractivity contribution is -0.00875. The quantitative estimate of drug-likeness (QED) is 0.908. The van der Waals surface area contributed by atoms with Crippen LogP contribution in [0, 0.1) is 0 Å². The highest BCUT2D eigenvalue weighted by Crippen LogP contribution is 2.29. The second-order valence-electron chi connectivity index (χ2n) is 5.97. The van der Waals surface area contributed by atoms with Crippen LogP contribution in [0.3, 0.4) is 0 Å². The van der Waals surface area contributed by atoms with Crippen LogP contribution in [0.5, 0.6) is 0 Å². The minimum Gasteiger partial charge on any atom is -0.478 e. The lowest BCUT2D eigenvalue weighted by atomic mass is 9.94. The maximum atomic E-state index is 11.5. The van der Waals surface area contributed by atoms with Crippen LogP contribution in [0.15, 0.2) is 28.7 Å². The lowest BCUT2D eigenvalue weighted by Gasteiger charge is -2.35. The first-order chi connectivity index (χ1) is 9.96.